The molecule has 1 heterocycles. The van der Waals surface area contributed by atoms with Gasteiger partial charge in [0.2, 0.25) is 5.91 Å². The molecular formula is C15H14N4O. The Labute approximate surface area is 116 Å². The molecule has 20 heavy (non-hydrogen) atoms. The summed E-state index contributed by atoms with van der Waals surface area (Å²) in [5, 5.41) is 2.83. The van der Waals surface area contributed by atoms with E-state index in [0.29, 0.717) is 5.69 Å². The lowest BCUT2D eigenvalue weighted by atomic mass is 10.3. The molecule has 0 saturated heterocycles. The summed E-state index contributed by atoms with van der Waals surface area (Å²) in [4.78, 5) is 16.3. The maximum Gasteiger partial charge on any atom is 0.244 e. The van der Waals surface area contributed by atoms with E-state index in [0.717, 1.165) is 16.7 Å². The van der Waals surface area contributed by atoms with E-state index >= 15 is 0 Å². The Morgan fingerprint density at radius 2 is 1.90 bits per heavy atom. The van der Waals surface area contributed by atoms with Gasteiger partial charge in [-0.15, -0.1) is 0 Å². The predicted octanol–water partition coefficient (Wildman–Crippen LogP) is 2.26. The number of nitrogens with zero attached hydrogens (tertiary/aromatic N) is 2. The third-order valence-electron chi connectivity index (χ3n) is 3.04. The number of nitrogens with two attached hydrogens (primary N) is 1. The van der Waals surface area contributed by atoms with E-state index in [1.54, 1.807) is 30.6 Å². The molecular weight excluding hydrogens is 252 g/mol. The van der Waals surface area contributed by atoms with Crippen molar-refractivity contribution >= 4 is 28.3 Å². The molecule has 0 fully saturated rings. The molecule has 1 aromatic heterocycles. The van der Waals surface area contributed by atoms with Gasteiger partial charge in [0.05, 0.1) is 17.4 Å². The number of hydrogen-bond donors (Lipinski definition) is 2. The highest BCUT2D eigenvalue weighted by Gasteiger charge is 2.07. The fourth-order valence-corrected chi connectivity index (χ4v) is 2.06. The number of carbonyl (C=O) groups is 1. The molecule has 100 valence electrons. The van der Waals surface area contributed by atoms with E-state index in [9.17, 15) is 4.79 Å². The normalized spacial score (nSPS) is 10.6. The Hall–Kier alpha value is -2.82. The third kappa shape index (κ3) is 2.47. The average Bonchev–Trinajstić information content (AvgIpc) is 2.85. The van der Waals surface area contributed by atoms with Gasteiger partial charge in [0.25, 0.3) is 0 Å². The Bertz CT molecular complexity index is 746. The van der Waals surface area contributed by atoms with Crippen LogP contribution in [-0.4, -0.2) is 15.5 Å². The van der Waals surface area contributed by atoms with Crippen molar-refractivity contribution in [2.45, 2.75) is 6.54 Å². The molecule has 0 aliphatic rings. The number of para-hydroxylation sites is 2. The van der Waals surface area contributed by atoms with E-state index in [4.69, 9.17) is 5.73 Å². The van der Waals surface area contributed by atoms with Crippen molar-refractivity contribution in [3.05, 3.63) is 54.9 Å². The first-order chi connectivity index (χ1) is 9.72. The highest BCUT2D eigenvalue weighted by atomic mass is 16.1. The second kappa shape index (κ2) is 5.05. The lowest BCUT2D eigenvalue weighted by Gasteiger charge is -2.07. The number of amides is 1. The van der Waals surface area contributed by atoms with Gasteiger partial charge < -0.3 is 15.6 Å². The number of fused-ring (bicyclic) bond motifs is 1. The first-order valence-electron chi connectivity index (χ1n) is 6.27. The number of rotatable bonds is 3. The van der Waals surface area contributed by atoms with Crippen molar-refractivity contribution in [1.82, 2.24) is 9.55 Å². The molecule has 0 radical (unpaired) electrons. The largest absolute Gasteiger partial charge is 0.399 e. The molecule has 1 amide bonds. The number of anilines is 2. The topological polar surface area (TPSA) is 72.9 Å². The lowest BCUT2D eigenvalue weighted by molar-refractivity contribution is -0.116. The van der Waals surface area contributed by atoms with Crippen molar-refractivity contribution in [3.63, 3.8) is 0 Å². The smallest absolute Gasteiger partial charge is 0.244 e. The van der Waals surface area contributed by atoms with Crippen LogP contribution in [-0.2, 0) is 11.3 Å². The van der Waals surface area contributed by atoms with E-state index in [2.05, 4.69) is 10.3 Å². The van der Waals surface area contributed by atoms with Crippen LogP contribution >= 0.6 is 0 Å². The van der Waals surface area contributed by atoms with Crippen LogP contribution in [0.4, 0.5) is 11.4 Å². The quantitative estimate of drug-likeness (QED) is 0.714. The fraction of sp³-hybridized carbons (Fsp3) is 0.0667. The van der Waals surface area contributed by atoms with Gasteiger partial charge in [0.15, 0.2) is 0 Å². The predicted molar refractivity (Wildman–Crippen MR) is 79.2 cm³/mol. The molecule has 3 aromatic rings. The lowest BCUT2D eigenvalue weighted by Crippen LogP contribution is -2.18. The number of hydrogen-bond acceptors (Lipinski definition) is 3. The number of benzene rings is 2. The molecule has 0 saturated carbocycles. The minimum absolute atomic E-state index is 0.0991. The zero-order valence-corrected chi connectivity index (χ0v) is 10.8. The molecule has 0 aliphatic carbocycles. The van der Waals surface area contributed by atoms with Crippen LogP contribution in [0.3, 0.4) is 0 Å². The van der Waals surface area contributed by atoms with E-state index in [1.165, 1.54) is 0 Å². The van der Waals surface area contributed by atoms with Crippen LogP contribution in [0.15, 0.2) is 54.9 Å². The Balaban J connectivity index is 1.74. The van der Waals surface area contributed by atoms with Crippen LogP contribution in [0.1, 0.15) is 0 Å². The van der Waals surface area contributed by atoms with Gasteiger partial charge in [-0.05, 0) is 36.4 Å². The summed E-state index contributed by atoms with van der Waals surface area (Å²) in [6.07, 6.45) is 1.67. The summed E-state index contributed by atoms with van der Waals surface area (Å²) in [6.45, 7) is 0.227. The first kappa shape index (κ1) is 12.2. The van der Waals surface area contributed by atoms with E-state index in [-0.39, 0.29) is 12.5 Å². The second-order valence-corrected chi connectivity index (χ2v) is 4.53. The average molecular weight is 266 g/mol. The van der Waals surface area contributed by atoms with Crippen molar-refractivity contribution in [3.8, 4) is 0 Å². The van der Waals surface area contributed by atoms with Gasteiger partial charge >= 0.3 is 0 Å². The maximum atomic E-state index is 12.0. The summed E-state index contributed by atoms with van der Waals surface area (Å²) in [6, 6.07) is 14.8. The van der Waals surface area contributed by atoms with E-state index in [1.807, 2.05) is 28.8 Å². The summed E-state index contributed by atoms with van der Waals surface area (Å²) in [7, 11) is 0. The van der Waals surface area contributed by atoms with Gasteiger partial charge in [-0.25, -0.2) is 4.98 Å². The molecule has 3 rings (SSSR count). The molecule has 0 unspecified atom stereocenters. The van der Waals surface area contributed by atoms with Crippen molar-refractivity contribution in [2.75, 3.05) is 11.1 Å². The van der Waals surface area contributed by atoms with Crippen molar-refractivity contribution < 1.29 is 4.79 Å². The molecule has 3 N–H and O–H groups in total. The van der Waals surface area contributed by atoms with Crippen LogP contribution in [0, 0.1) is 0 Å². The number of nitrogen functional groups attached to an aromatic ring is 1. The molecule has 0 aliphatic heterocycles. The highest BCUT2D eigenvalue weighted by molar-refractivity contribution is 5.91. The molecule has 0 bridgehead atoms. The summed E-state index contributed by atoms with van der Waals surface area (Å²) in [5.74, 6) is -0.0991. The fourth-order valence-electron chi connectivity index (χ4n) is 2.06. The molecule has 5 heteroatoms. The van der Waals surface area contributed by atoms with Crippen molar-refractivity contribution in [2.24, 2.45) is 0 Å². The van der Waals surface area contributed by atoms with Crippen LogP contribution in [0.25, 0.3) is 11.0 Å². The Kier molecular flexibility index (Phi) is 3.09. The first-order valence-corrected chi connectivity index (χ1v) is 6.27. The summed E-state index contributed by atoms with van der Waals surface area (Å²) < 4.78 is 1.82. The van der Waals surface area contributed by atoms with Gasteiger partial charge in [0.1, 0.15) is 6.54 Å². The van der Waals surface area contributed by atoms with Crippen LogP contribution in [0.5, 0.6) is 0 Å². The molecule has 2 aromatic carbocycles. The Morgan fingerprint density at radius 1 is 1.15 bits per heavy atom. The van der Waals surface area contributed by atoms with Crippen LogP contribution < -0.4 is 11.1 Å². The SMILES string of the molecule is Nc1ccc(NC(=O)Cn2cnc3ccccc32)cc1. The maximum absolute atomic E-state index is 12.0. The van der Waals surface area contributed by atoms with E-state index < -0.39 is 0 Å². The second-order valence-electron chi connectivity index (χ2n) is 4.53. The standard InChI is InChI=1S/C15H14N4O/c16-11-5-7-12(8-6-11)18-15(20)9-19-10-17-13-3-1-2-4-14(13)19/h1-8,10H,9,16H2,(H,18,20). The van der Waals surface area contributed by atoms with Crippen molar-refractivity contribution in [1.29, 1.82) is 0 Å². The third-order valence-corrected chi connectivity index (χ3v) is 3.04. The molecule has 5 nitrogen and oxygen atoms in total. The van der Waals surface area contributed by atoms with Gasteiger partial charge in [-0.1, -0.05) is 12.1 Å². The summed E-state index contributed by atoms with van der Waals surface area (Å²) >= 11 is 0. The monoisotopic (exact) mass is 266 g/mol. The van der Waals surface area contributed by atoms with Gasteiger partial charge in [-0.2, -0.15) is 0 Å². The number of imidazole rings is 1. The zero-order chi connectivity index (χ0) is 13.9. The van der Waals surface area contributed by atoms with Gasteiger partial charge in [-0.3, -0.25) is 4.79 Å². The number of carbonyl (C=O) groups excluding carboxylic acids is 1. The zero-order valence-electron chi connectivity index (χ0n) is 10.8. The Morgan fingerprint density at radius 3 is 2.70 bits per heavy atom. The summed E-state index contributed by atoms with van der Waals surface area (Å²) in [5.41, 5.74) is 8.83. The highest BCUT2D eigenvalue weighted by Crippen LogP contribution is 2.13. The molecule has 0 atom stereocenters. The van der Waals surface area contributed by atoms with Crippen LogP contribution in [0.2, 0.25) is 0 Å². The van der Waals surface area contributed by atoms with Gasteiger partial charge in [0, 0.05) is 11.4 Å². The minimum atomic E-state index is -0.0991. The molecule has 0 spiro atoms. The minimum Gasteiger partial charge on any atom is -0.399 e. The number of nitrogens with one attached hydrogen (secondary N) is 1. The number of aromatic nitrogens is 2.